The van der Waals surface area contributed by atoms with Gasteiger partial charge in [0.05, 0.1) is 12.0 Å². The summed E-state index contributed by atoms with van der Waals surface area (Å²) in [4.78, 5) is 6.30. The zero-order chi connectivity index (χ0) is 15.4. The number of benzene rings is 1. The van der Waals surface area contributed by atoms with Gasteiger partial charge in [0.15, 0.2) is 0 Å². The van der Waals surface area contributed by atoms with Crippen molar-refractivity contribution in [1.29, 1.82) is 0 Å². The van der Waals surface area contributed by atoms with E-state index < -0.39 is 0 Å². The van der Waals surface area contributed by atoms with Crippen LogP contribution in [0.4, 0.5) is 5.69 Å². The van der Waals surface area contributed by atoms with Crippen molar-refractivity contribution in [2.45, 2.75) is 13.1 Å². The summed E-state index contributed by atoms with van der Waals surface area (Å²) in [6.07, 6.45) is 5.16. The summed E-state index contributed by atoms with van der Waals surface area (Å²) in [5.41, 5.74) is 3.12. The van der Waals surface area contributed by atoms with Crippen molar-refractivity contribution in [2.75, 3.05) is 4.90 Å². The Kier molecular flexibility index (Phi) is 4.66. The zero-order valence-corrected chi connectivity index (χ0v) is 13.3. The SMILES string of the molecule is Clc1ccc(CN(Cc2ccccc2Cl)c2ccoc2)cn1. The van der Waals surface area contributed by atoms with Crippen molar-refractivity contribution in [2.24, 2.45) is 0 Å². The Balaban J connectivity index is 1.85. The molecule has 0 saturated heterocycles. The van der Waals surface area contributed by atoms with Crippen LogP contribution in [0.25, 0.3) is 0 Å². The molecule has 22 heavy (non-hydrogen) atoms. The number of hydrogen-bond donors (Lipinski definition) is 0. The van der Waals surface area contributed by atoms with E-state index in [1.54, 1.807) is 24.8 Å². The monoisotopic (exact) mass is 332 g/mol. The number of halogens is 2. The molecular weight excluding hydrogens is 319 g/mol. The van der Waals surface area contributed by atoms with Crippen LogP contribution in [0, 0.1) is 0 Å². The normalized spacial score (nSPS) is 10.6. The van der Waals surface area contributed by atoms with Gasteiger partial charge in [-0.1, -0.05) is 47.5 Å². The summed E-state index contributed by atoms with van der Waals surface area (Å²) < 4.78 is 5.21. The van der Waals surface area contributed by atoms with E-state index in [0.717, 1.165) is 21.8 Å². The third-order valence-corrected chi connectivity index (χ3v) is 3.94. The van der Waals surface area contributed by atoms with E-state index in [9.17, 15) is 0 Å². The fourth-order valence-electron chi connectivity index (χ4n) is 2.23. The lowest BCUT2D eigenvalue weighted by atomic mass is 10.2. The molecule has 3 rings (SSSR count). The Morgan fingerprint density at radius 1 is 1.00 bits per heavy atom. The fourth-order valence-corrected chi connectivity index (χ4v) is 2.54. The Bertz CT molecular complexity index is 727. The van der Waals surface area contributed by atoms with E-state index in [1.165, 1.54) is 0 Å². The van der Waals surface area contributed by atoms with Crippen molar-refractivity contribution >= 4 is 28.9 Å². The van der Waals surface area contributed by atoms with E-state index in [1.807, 2.05) is 36.4 Å². The van der Waals surface area contributed by atoms with Crippen molar-refractivity contribution in [3.63, 3.8) is 0 Å². The van der Waals surface area contributed by atoms with Gasteiger partial charge in [-0.2, -0.15) is 0 Å². The van der Waals surface area contributed by atoms with Gasteiger partial charge in [-0.15, -0.1) is 0 Å². The molecule has 1 aromatic carbocycles. The van der Waals surface area contributed by atoms with E-state index in [0.29, 0.717) is 18.2 Å². The van der Waals surface area contributed by atoms with Crippen LogP contribution in [-0.2, 0) is 13.1 Å². The maximum Gasteiger partial charge on any atom is 0.129 e. The summed E-state index contributed by atoms with van der Waals surface area (Å²) in [7, 11) is 0. The minimum absolute atomic E-state index is 0.490. The molecule has 0 fully saturated rings. The van der Waals surface area contributed by atoms with Crippen LogP contribution in [0.5, 0.6) is 0 Å². The number of hydrogen-bond acceptors (Lipinski definition) is 3. The lowest BCUT2D eigenvalue weighted by molar-refractivity contribution is 0.565. The van der Waals surface area contributed by atoms with Crippen LogP contribution in [0.15, 0.2) is 65.6 Å². The van der Waals surface area contributed by atoms with Crippen LogP contribution in [0.1, 0.15) is 11.1 Å². The minimum Gasteiger partial charge on any atom is -0.470 e. The quantitative estimate of drug-likeness (QED) is 0.602. The van der Waals surface area contributed by atoms with Gasteiger partial charge in [-0.05, 0) is 29.3 Å². The Hall–Kier alpha value is -1.97. The largest absolute Gasteiger partial charge is 0.470 e. The standard InChI is InChI=1S/C17H14Cl2N2O/c18-16-4-2-1-3-14(16)11-21(15-7-8-22-12-15)10-13-5-6-17(19)20-9-13/h1-9,12H,10-11H2. The first-order chi connectivity index (χ1) is 10.7. The zero-order valence-electron chi connectivity index (χ0n) is 11.7. The first-order valence-corrected chi connectivity index (χ1v) is 7.59. The predicted octanol–water partition coefficient (Wildman–Crippen LogP) is 5.19. The lowest BCUT2D eigenvalue weighted by Crippen LogP contribution is -2.21. The highest BCUT2D eigenvalue weighted by Gasteiger charge is 2.11. The van der Waals surface area contributed by atoms with Gasteiger partial charge in [0, 0.05) is 24.3 Å². The second-order valence-electron chi connectivity index (χ2n) is 4.92. The molecule has 2 heterocycles. The second kappa shape index (κ2) is 6.86. The molecular formula is C17H14Cl2N2O. The molecule has 0 bridgehead atoms. The third-order valence-electron chi connectivity index (χ3n) is 3.35. The molecule has 0 aliphatic rings. The molecule has 2 aromatic heterocycles. The number of nitrogens with zero attached hydrogens (tertiary/aromatic N) is 2. The molecule has 3 nitrogen and oxygen atoms in total. The third kappa shape index (κ3) is 3.62. The van der Waals surface area contributed by atoms with E-state index in [4.69, 9.17) is 27.6 Å². The Morgan fingerprint density at radius 2 is 1.86 bits per heavy atom. The highest BCUT2D eigenvalue weighted by atomic mass is 35.5. The molecule has 0 amide bonds. The topological polar surface area (TPSA) is 29.3 Å². The first kappa shape index (κ1) is 14.9. The van der Waals surface area contributed by atoms with Crippen molar-refractivity contribution in [3.8, 4) is 0 Å². The molecule has 0 N–H and O–H groups in total. The second-order valence-corrected chi connectivity index (χ2v) is 5.71. The van der Waals surface area contributed by atoms with Crippen molar-refractivity contribution < 1.29 is 4.42 Å². The summed E-state index contributed by atoms with van der Waals surface area (Å²) >= 11 is 12.1. The van der Waals surface area contributed by atoms with Crippen LogP contribution in [-0.4, -0.2) is 4.98 Å². The Labute approximate surface area is 139 Å². The van der Waals surface area contributed by atoms with Gasteiger partial charge < -0.3 is 9.32 Å². The van der Waals surface area contributed by atoms with Gasteiger partial charge in [0.2, 0.25) is 0 Å². The maximum absolute atomic E-state index is 6.27. The minimum atomic E-state index is 0.490. The predicted molar refractivity (Wildman–Crippen MR) is 89.3 cm³/mol. The van der Waals surface area contributed by atoms with Gasteiger partial charge in [-0.25, -0.2) is 4.98 Å². The van der Waals surface area contributed by atoms with E-state index in [-0.39, 0.29) is 0 Å². The molecule has 0 radical (unpaired) electrons. The van der Waals surface area contributed by atoms with Crippen LogP contribution < -0.4 is 4.90 Å². The molecule has 0 aliphatic heterocycles. The summed E-state index contributed by atoms with van der Waals surface area (Å²) in [6.45, 7) is 1.37. The van der Waals surface area contributed by atoms with Crippen LogP contribution >= 0.6 is 23.2 Å². The highest BCUT2D eigenvalue weighted by molar-refractivity contribution is 6.31. The van der Waals surface area contributed by atoms with Gasteiger partial charge in [0.1, 0.15) is 11.4 Å². The lowest BCUT2D eigenvalue weighted by Gasteiger charge is -2.23. The molecule has 0 atom stereocenters. The fraction of sp³-hybridized carbons (Fsp3) is 0.118. The highest BCUT2D eigenvalue weighted by Crippen LogP contribution is 2.24. The molecule has 0 saturated carbocycles. The number of anilines is 1. The van der Waals surface area contributed by atoms with E-state index in [2.05, 4.69) is 9.88 Å². The van der Waals surface area contributed by atoms with Gasteiger partial charge in [0.25, 0.3) is 0 Å². The maximum atomic E-state index is 6.27. The van der Waals surface area contributed by atoms with Gasteiger partial charge in [-0.3, -0.25) is 0 Å². The number of rotatable bonds is 5. The number of pyridine rings is 1. The summed E-state index contributed by atoms with van der Waals surface area (Å²) in [5.74, 6) is 0. The van der Waals surface area contributed by atoms with Gasteiger partial charge >= 0.3 is 0 Å². The number of furan rings is 1. The molecule has 0 unspecified atom stereocenters. The molecule has 3 aromatic rings. The van der Waals surface area contributed by atoms with Crippen LogP contribution in [0.2, 0.25) is 10.2 Å². The molecule has 112 valence electrons. The smallest absolute Gasteiger partial charge is 0.129 e. The molecule has 0 spiro atoms. The number of aromatic nitrogens is 1. The van der Waals surface area contributed by atoms with Crippen molar-refractivity contribution in [3.05, 3.63) is 82.5 Å². The molecule has 5 heteroatoms. The van der Waals surface area contributed by atoms with Crippen molar-refractivity contribution in [1.82, 2.24) is 4.98 Å². The average molecular weight is 333 g/mol. The Morgan fingerprint density at radius 3 is 2.55 bits per heavy atom. The summed E-state index contributed by atoms with van der Waals surface area (Å²) in [6, 6.07) is 13.5. The van der Waals surface area contributed by atoms with E-state index >= 15 is 0 Å². The molecule has 0 aliphatic carbocycles. The summed E-state index contributed by atoms with van der Waals surface area (Å²) in [5, 5.41) is 1.25. The van der Waals surface area contributed by atoms with Crippen LogP contribution in [0.3, 0.4) is 0 Å². The first-order valence-electron chi connectivity index (χ1n) is 6.83. The average Bonchev–Trinajstić information content (AvgIpc) is 3.05.